The van der Waals surface area contributed by atoms with Gasteiger partial charge in [0.1, 0.15) is 0 Å². The minimum absolute atomic E-state index is 0.263. The quantitative estimate of drug-likeness (QED) is 0.335. The van der Waals surface area contributed by atoms with E-state index in [9.17, 15) is 0 Å². The van der Waals surface area contributed by atoms with Crippen LogP contribution in [0.1, 0.15) is 118 Å². The van der Waals surface area contributed by atoms with Crippen LogP contribution in [0.5, 0.6) is 0 Å². The molecule has 36 heavy (non-hydrogen) atoms. The first kappa shape index (κ1) is 27.4. The van der Waals surface area contributed by atoms with Crippen molar-refractivity contribution in [1.82, 2.24) is 4.90 Å². The molecule has 4 saturated carbocycles. The number of hydrogen-bond donors (Lipinski definition) is 0. The second kappa shape index (κ2) is 10.5. The van der Waals surface area contributed by atoms with Gasteiger partial charge in [-0.15, -0.1) is 0 Å². The predicted octanol–water partition coefficient (Wildman–Crippen LogP) is 8.17. The Labute approximate surface area is 223 Å². The molecular formula is C33H59NO2. The zero-order valence-electron chi connectivity index (χ0n) is 25.0. The van der Waals surface area contributed by atoms with E-state index in [0.29, 0.717) is 16.9 Å². The van der Waals surface area contributed by atoms with Gasteiger partial charge in [-0.2, -0.15) is 0 Å². The third kappa shape index (κ3) is 4.97. The summed E-state index contributed by atoms with van der Waals surface area (Å²) in [6.07, 6.45) is 18.2. The molecule has 0 N–H and O–H groups in total. The molecule has 1 heterocycles. The Kier molecular flexibility index (Phi) is 7.97. The molecule has 5 aliphatic rings. The van der Waals surface area contributed by atoms with Crippen LogP contribution in [0.4, 0.5) is 0 Å². The highest BCUT2D eigenvalue weighted by Gasteiger charge is 2.62. The van der Waals surface area contributed by atoms with Crippen LogP contribution in [-0.4, -0.2) is 44.0 Å². The van der Waals surface area contributed by atoms with E-state index >= 15 is 0 Å². The second-order valence-electron chi connectivity index (χ2n) is 15.4. The van der Waals surface area contributed by atoms with E-state index < -0.39 is 0 Å². The van der Waals surface area contributed by atoms with Gasteiger partial charge >= 0.3 is 0 Å². The maximum atomic E-state index is 6.69. The van der Waals surface area contributed by atoms with Crippen molar-refractivity contribution < 1.29 is 9.47 Å². The standard InChI is InChI=1S/C33H59NO2/c1-23(2)9-8-10-24(3)28-13-14-29-27-12-11-25-21-33(35-22-26(36-33)16-20-34(6)7)19-18-31(25,4)30(27)15-17-32(28,29)5/h23-30H,8-22H2,1-7H3/t24-,25?,26?,27?,28?,29?,30?,31?,32?,33?/m1/s1. The molecule has 5 rings (SSSR count). The molecule has 9 unspecified atom stereocenters. The summed E-state index contributed by atoms with van der Waals surface area (Å²) in [5, 5.41) is 0. The highest BCUT2D eigenvalue weighted by Crippen LogP contribution is 2.69. The smallest absolute Gasteiger partial charge is 0.169 e. The topological polar surface area (TPSA) is 21.7 Å². The largest absolute Gasteiger partial charge is 0.347 e. The van der Waals surface area contributed by atoms with Crippen molar-refractivity contribution in [3.05, 3.63) is 0 Å². The van der Waals surface area contributed by atoms with Gasteiger partial charge in [0, 0.05) is 19.4 Å². The summed E-state index contributed by atoms with van der Waals surface area (Å²) in [7, 11) is 4.32. The minimum Gasteiger partial charge on any atom is -0.347 e. The van der Waals surface area contributed by atoms with Gasteiger partial charge in [0.05, 0.1) is 12.7 Å². The summed E-state index contributed by atoms with van der Waals surface area (Å²) < 4.78 is 13.2. The Morgan fingerprint density at radius 2 is 1.64 bits per heavy atom. The van der Waals surface area contributed by atoms with Crippen molar-refractivity contribution in [1.29, 1.82) is 0 Å². The van der Waals surface area contributed by atoms with Crippen LogP contribution in [-0.2, 0) is 9.47 Å². The van der Waals surface area contributed by atoms with Gasteiger partial charge in [-0.1, -0.05) is 53.9 Å². The Morgan fingerprint density at radius 3 is 2.39 bits per heavy atom. The fraction of sp³-hybridized carbons (Fsp3) is 1.00. The van der Waals surface area contributed by atoms with Gasteiger partial charge in [0.15, 0.2) is 5.79 Å². The SMILES string of the molecule is CC(C)CCC[C@@H](C)C1CCC2C3CCC4CC5(CCC4(C)C3CCC21C)OCC(CCN(C)C)O5. The molecule has 4 aliphatic carbocycles. The molecule has 5 fully saturated rings. The summed E-state index contributed by atoms with van der Waals surface area (Å²) in [5.41, 5.74) is 1.11. The molecule has 0 aromatic carbocycles. The summed E-state index contributed by atoms with van der Waals surface area (Å²) in [4.78, 5) is 2.27. The van der Waals surface area contributed by atoms with Gasteiger partial charge in [0.25, 0.3) is 0 Å². The van der Waals surface area contributed by atoms with Gasteiger partial charge < -0.3 is 14.4 Å². The van der Waals surface area contributed by atoms with Gasteiger partial charge in [-0.3, -0.25) is 0 Å². The Balaban J connectivity index is 1.22. The maximum absolute atomic E-state index is 6.69. The molecule has 1 spiro atoms. The summed E-state index contributed by atoms with van der Waals surface area (Å²) in [6.45, 7) is 14.7. The van der Waals surface area contributed by atoms with E-state index in [2.05, 4.69) is 53.6 Å². The van der Waals surface area contributed by atoms with E-state index in [1.54, 1.807) is 0 Å². The van der Waals surface area contributed by atoms with E-state index in [1.807, 2.05) is 0 Å². The summed E-state index contributed by atoms with van der Waals surface area (Å²) in [6, 6.07) is 0. The Bertz CT molecular complexity index is 752. The molecule has 1 aliphatic heterocycles. The molecule has 0 amide bonds. The van der Waals surface area contributed by atoms with Crippen molar-refractivity contribution >= 4 is 0 Å². The average Bonchev–Trinajstić information content (AvgIpc) is 3.38. The summed E-state index contributed by atoms with van der Waals surface area (Å²) in [5.74, 6) is 6.16. The highest BCUT2D eigenvalue weighted by atomic mass is 16.7. The Morgan fingerprint density at radius 1 is 0.861 bits per heavy atom. The summed E-state index contributed by atoms with van der Waals surface area (Å²) >= 11 is 0. The van der Waals surface area contributed by atoms with Crippen molar-refractivity contribution in [2.24, 2.45) is 52.3 Å². The zero-order chi connectivity index (χ0) is 25.7. The zero-order valence-corrected chi connectivity index (χ0v) is 25.0. The minimum atomic E-state index is -0.263. The van der Waals surface area contributed by atoms with Crippen LogP contribution >= 0.6 is 0 Å². The number of fused-ring (bicyclic) bond motifs is 5. The normalized spacial score (nSPS) is 47.2. The van der Waals surface area contributed by atoms with Crippen molar-refractivity contribution in [2.75, 3.05) is 27.2 Å². The van der Waals surface area contributed by atoms with E-state index in [0.717, 1.165) is 73.8 Å². The third-order valence-electron chi connectivity index (χ3n) is 12.7. The van der Waals surface area contributed by atoms with Crippen LogP contribution in [0.3, 0.4) is 0 Å². The lowest BCUT2D eigenvalue weighted by Crippen LogP contribution is -2.56. The maximum Gasteiger partial charge on any atom is 0.169 e. The molecule has 208 valence electrons. The molecule has 0 aromatic rings. The molecular weight excluding hydrogens is 442 g/mol. The molecule has 0 aromatic heterocycles. The van der Waals surface area contributed by atoms with Crippen LogP contribution in [0, 0.1) is 52.3 Å². The fourth-order valence-electron chi connectivity index (χ4n) is 10.6. The molecule has 0 radical (unpaired) electrons. The van der Waals surface area contributed by atoms with Crippen molar-refractivity contribution in [3.63, 3.8) is 0 Å². The molecule has 3 nitrogen and oxygen atoms in total. The van der Waals surface area contributed by atoms with E-state index in [1.165, 1.54) is 64.2 Å². The first-order valence-electron chi connectivity index (χ1n) is 16.0. The second-order valence-corrected chi connectivity index (χ2v) is 15.4. The van der Waals surface area contributed by atoms with Crippen molar-refractivity contribution in [2.45, 2.75) is 130 Å². The first-order valence-corrected chi connectivity index (χ1v) is 16.0. The van der Waals surface area contributed by atoms with Gasteiger partial charge in [0.2, 0.25) is 0 Å². The Hall–Kier alpha value is -0.120. The fourth-order valence-corrected chi connectivity index (χ4v) is 10.6. The lowest BCUT2D eigenvalue weighted by molar-refractivity contribution is -0.236. The average molecular weight is 502 g/mol. The lowest BCUT2D eigenvalue weighted by atomic mass is 9.44. The first-order chi connectivity index (χ1) is 17.1. The third-order valence-corrected chi connectivity index (χ3v) is 12.7. The van der Waals surface area contributed by atoms with Gasteiger partial charge in [-0.25, -0.2) is 0 Å². The lowest BCUT2D eigenvalue weighted by Gasteiger charge is -2.62. The van der Waals surface area contributed by atoms with Crippen LogP contribution in [0.2, 0.25) is 0 Å². The number of ether oxygens (including phenoxy) is 2. The highest BCUT2D eigenvalue weighted by molar-refractivity contribution is 5.10. The molecule has 3 heteroatoms. The van der Waals surface area contributed by atoms with E-state index in [4.69, 9.17) is 9.47 Å². The molecule has 1 saturated heterocycles. The van der Waals surface area contributed by atoms with Crippen molar-refractivity contribution in [3.8, 4) is 0 Å². The number of nitrogens with zero attached hydrogens (tertiary/aromatic N) is 1. The predicted molar refractivity (Wildman–Crippen MR) is 150 cm³/mol. The van der Waals surface area contributed by atoms with Crippen LogP contribution < -0.4 is 0 Å². The van der Waals surface area contributed by atoms with Gasteiger partial charge in [-0.05, 0) is 118 Å². The number of rotatable bonds is 8. The molecule has 0 bridgehead atoms. The van der Waals surface area contributed by atoms with Crippen LogP contribution in [0.15, 0.2) is 0 Å². The monoisotopic (exact) mass is 501 g/mol. The molecule has 10 atom stereocenters. The number of hydrogen-bond acceptors (Lipinski definition) is 3. The van der Waals surface area contributed by atoms with E-state index in [-0.39, 0.29) is 5.79 Å². The van der Waals surface area contributed by atoms with Crippen LogP contribution in [0.25, 0.3) is 0 Å².